The second-order valence-corrected chi connectivity index (χ2v) is 5.97. The third-order valence-electron chi connectivity index (χ3n) is 4.00. The van der Waals surface area contributed by atoms with Gasteiger partial charge in [-0.05, 0) is 49.3 Å². The maximum absolute atomic E-state index is 3.80. The molecule has 0 aliphatic heterocycles. The molecule has 2 heteroatoms. The lowest BCUT2D eigenvalue weighted by Crippen LogP contribution is -2.44. The van der Waals surface area contributed by atoms with E-state index in [9.17, 15) is 0 Å². The highest BCUT2D eigenvalue weighted by Crippen LogP contribution is 2.29. The van der Waals surface area contributed by atoms with Crippen LogP contribution in [0, 0.1) is 0 Å². The van der Waals surface area contributed by atoms with Crippen molar-refractivity contribution in [2.45, 2.75) is 50.6 Å². The first-order valence-corrected chi connectivity index (χ1v) is 7.14. The molecule has 86 valence electrons. The fourth-order valence-electron chi connectivity index (χ4n) is 2.81. The monoisotopic (exact) mass is 279 g/mol. The van der Waals surface area contributed by atoms with E-state index in [1.165, 1.54) is 54.1 Å². The zero-order valence-electron chi connectivity index (χ0n) is 9.51. The molecular weight excluding hydrogens is 262 g/mol. The lowest BCUT2D eigenvalue weighted by molar-refractivity contribution is 0.290. The summed E-state index contributed by atoms with van der Waals surface area (Å²) in [5.41, 5.74) is 3.08. The lowest BCUT2D eigenvalue weighted by atomic mass is 9.86. The van der Waals surface area contributed by atoms with E-state index in [0.29, 0.717) is 6.04 Å². The molecule has 0 amide bonds. The third kappa shape index (κ3) is 2.05. The lowest BCUT2D eigenvalue weighted by Gasteiger charge is -2.34. The maximum Gasteiger partial charge on any atom is 0.0210 e. The van der Waals surface area contributed by atoms with Gasteiger partial charge in [0.1, 0.15) is 0 Å². The summed E-state index contributed by atoms with van der Waals surface area (Å²) in [6, 6.07) is 8.15. The number of benzene rings is 1. The van der Waals surface area contributed by atoms with E-state index in [0.717, 1.165) is 6.04 Å². The van der Waals surface area contributed by atoms with Crippen LogP contribution in [0.15, 0.2) is 22.7 Å². The van der Waals surface area contributed by atoms with Crippen LogP contribution in [0.5, 0.6) is 0 Å². The molecule has 16 heavy (non-hydrogen) atoms. The molecule has 0 saturated heterocycles. The van der Waals surface area contributed by atoms with Gasteiger partial charge in [0.2, 0.25) is 0 Å². The molecule has 0 aromatic heterocycles. The second kappa shape index (κ2) is 4.50. The van der Waals surface area contributed by atoms with Gasteiger partial charge in [-0.25, -0.2) is 0 Å². The Hall–Kier alpha value is -0.340. The van der Waals surface area contributed by atoms with Crippen molar-refractivity contribution >= 4 is 15.9 Å². The van der Waals surface area contributed by atoms with Crippen LogP contribution < -0.4 is 5.32 Å². The first-order valence-electron chi connectivity index (χ1n) is 6.35. The molecule has 1 atom stereocenters. The van der Waals surface area contributed by atoms with Crippen LogP contribution in [0.4, 0.5) is 0 Å². The van der Waals surface area contributed by atoms with Crippen LogP contribution in [-0.2, 0) is 12.8 Å². The standard InChI is InChI=1S/C14H18BrN/c15-14-6-1-3-10-9-12(7-8-13(10)14)16-11-4-2-5-11/h1,3,6,11-12,16H,2,4-5,7-9H2. The van der Waals surface area contributed by atoms with Crippen molar-refractivity contribution in [2.75, 3.05) is 0 Å². The molecule has 0 heterocycles. The van der Waals surface area contributed by atoms with Crippen LogP contribution in [-0.4, -0.2) is 12.1 Å². The molecule has 1 aromatic rings. The van der Waals surface area contributed by atoms with Crippen molar-refractivity contribution in [3.8, 4) is 0 Å². The van der Waals surface area contributed by atoms with Crippen molar-refractivity contribution in [3.63, 3.8) is 0 Å². The Bertz CT molecular complexity index is 384. The van der Waals surface area contributed by atoms with Gasteiger partial charge in [-0.2, -0.15) is 0 Å². The largest absolute Gasteiger partial charge is 0.311 e. The van der Waals surface area contributed by atoms with Crippen LogP contribution in [0.2, 0.25) is 0 Å². The van der Waals surface area contributed by atoms with E-state index < -0.39 is 0 Å². The molecule has 0 bridgehead atoms. The molecule has 1 nitrogen and oxygen atoms in total. The predicted octanol–water partition coefficient (Wildman–Crippen LogP) is 3.45. The Labute approximate surface area is 106 Å². The van der Waals surface area contributed by atoms with E-state index in [1.54, 1.807) is 0 Å². The summed E-state index contributed by atoms with van der Waals surface area (Å²) in [6.45, 7) is 0. The summed E-state index contributed by atoms with van der Waals surface area (Å²) >= 11 is 3.66. The average Bonchev–Trinajstić information content (AvgIpc) is 2.24. The number of hydrogen-bond acceptors (Lipinski definition) is 1. The minimum atomic E-state index is 0.715. The molecule has 0 spiro atoms. The van der Waals surface area contributed by atoms with Gasteiger partial charge in [-0.15, -0.1) is 0 Å². The van der Waals surface area contributed by atoms with Crippen molar-refractivity contribution in [2.24, 2.45) is 0 Å². The highest BCUT2D eigenvalue weighted by atomic mass is 79.9. The van der Waals surface area contributed by atoms with E-state index in [4.69, 9.17) is 0 Å². The fourth-order valence-corrected chi connectivity index (χ4v) is 3.42. The summed E-state index contributed by atoms with van der Waals surface area (Å²) in [4.78, 5) is 0. The number of halogens is 1. The van der Waals surface area contributed by atoms with E-state index in [2.05, 4.69) is 39.4 Å². The molecular formula is C14H18BrN. The van der Waals surface area contributed by atoms with Gasteiger partial charge in [0.25, 0.3) is 0 Å². The molecule has 2 aliphatic rings. The van der Waals surface area contributed by atoms with Gasteiger partial charge >= 0.3 is 0 Å². The molecule has 3 rings (SSSR count). The normalized spacial score (nSPS) is 24.9. The van der Waals surface area contributed by atoms with Crippen LogP contribution in [0.25, 0.3) is 0 Å². The quantitative estimate of drug-likeness (QED) is 0.875. The Balaban J connectivity index is 1.70. The number of fused-ring (bicyclic) bond motifs is 1. The SMILES string of the molecule is Brc1cccc2c1CCC(NC1CCC1)C2. The molecule has 0 radical (unpaired) electrons. The Kier molecular flexibility index (Phi) is 3.03. The van der Waals surface area contributed by atoms with Gasteiger partial charge in [-0.3, -0.25) is 0 Å². The Morgan fingerprint density at radius 3 is 2.75 bits per heavy atom. The van der Waals surface area contributed by atoms with Crippen LogP contribution >= 0.6 is 15.9 Å². The topological polar surface area (TPSA) is 12.0 Å². The minimum Gasteiger partial charge on any atom is -0.311 e. The van der Waals surface area contributed by atoms with Crippen molar-refractivity contribution in [1.82, 2.24) is 5.32 Å². The first-order chi connectivity index (χ1) is 7.83. The van der Waals surface area contributed by atoms with Crippen LogP contribution in [0.1, 0.15) is 36.8 Å². The van der Waals surface area contributed by atoms with Crippen LogP contribution in [0.3, 0.4) is 0 Å². The molecule has 1 N–H and O–H groups in total. The van der Waals surface area contributed by atoms with Gasteiger partial charge in [-0.1, -0.05) is 34.5 Å². The molecule has 1 fully saturated rings. The number of hydrogen-bond donors (Lipinski definition) is 1. The Morgan fingerprint density at radius 1 is 1.12 bits per heavy atom. The van der Waals surface area contributed by atoms with Gasteiger partial charge < -0.3 is 5.32 Å². The van der Waals surface area contributed by atoms with E-state index in [1.807, 2.05) is 0 Å². The zero-order valence-corrected chi connectivity index (χ0v) is 11.1. The first kappa shape index (κ1) is 10.8. The van der Waals surface area contributed by atoms with E-state index >= 15 is 0 Å². The summed E-state index contributed by atoms with van der Waals surface area (Å²) in [5, 5.41) is 3.80. The summed E-state index contributed by atoms with van der Waals surface area (Å²) in [5.74, 6) is 0. The van der Waals surface area contributed by atoms with Crippen molar-refractivity contribution in [1.29, 1.82) is 0 Å². The summed E-state index contributed by atoms with van der Waals surface area (Å²) < 4.78 is 1.30. The number of rotatable bonds is 2. The maximum atomic E-state index is 3.80. The highest BCUT2D eigenvalue weighted by Gasteiger charge is 2.24. The second-order valence-electron chi connectivity index (χ2n) is 5.11. The summed E-state index contributed by atoms with van der Waals surface area (Å²) in [6.07, 6.45) is 7.94. The third-order valence-corrected chi connectivity index (χ3v) is 4.74. The molecule has 1 aromatic carbocycles. The summed E-state index contributed by atoms with van der Waals surface area (Å²) in [7, 11) is 0. The van der Waals surface area contributed by atoms with Gasteiger partial charge in [0.15, 0.2) is 0 Å². The zero-order chi connectivity index (χ0) is 11.0. The van der Waals surface area contributed by atoms with Crippen molar-refractivity contribution < 1.29 is 0 Å². The average molecular weight is 280 g/mol. The van der Waals surface area contributed by atoms with E-state index in [-0.39, 0.29) is 0 Å². The number of nitrogens with one attached hydrogen (secondary N) is 1. The minimum absolute atomic E-state index is 0.715. The molecule has 1 unspecified atom stereocenters. The Morgan fingerprint density at radius 2 is 2.00 bits per heavy atom. The highest BCUT2D eigenvalue weighted by molar-refractivity contribution is 9.10. The van der Waals surface area contributed by atoms with Crippen molar-refractivity contribution in [3.05, 3.63) is 33.8 Å². The molecule has 2 aliphatic carbocycles. The van der Waals surface area contributed by atoms with Gasteiger partial charge in [0.05, 0.1) is 0 Å². The fraction of sp³-hybridized carbons (Fsp3) is 0.571. The van der Waals surface area contributed by atoms with Gasteiger partial charge in [0, 0.05) is 16.6 Å². The predicted molar refractivity (Wildman–Crippen MR) is 70.7 cm³/mol. The molecule has 1 saturated carbocycles. The smallest absolute Gasteiger partial charge is 0.0210 e.